The van der Waals surface area contributed by atoms with E-state index in [2.05, 4.69) is 0 Å². The van der Waals surface area contributed by atoms with Gasteiger partial charge in [0.25, 0.3) is 0 Å². The molecule has 0 aliphatic heterocycles. The van der Waals surface area contributed by atoms with E-state index in [1.165, 1.54) is 12.5 Å². The van der Waals surface area contributed by atoms with Crippen LogP contribution in [0.25, 0.3) is 0 Å². The summed E-state index contributed by atoms with van der Waals surface area (Å²) in [7, 11) is 0. The summed E-state index contributed by atoms with van der Waals surface area (Å²) in [5.74, 6) is -0.360. The van der Waals surface area contributed by atoms with Crippen LogP contribution in [0.2, 0.25) is 5.02 Å². The van der Waals surface area contributed by atoms with E-state index in [1.807, 2.05) is 24.3 Å². The number of hydrogen-bond donors (Lipinski definition) is 1. The van der Waals surface area contributed by atoms with Gasteiger partial charge >= 0.3 is 5.97 Å². The number of unbranched alkanes of at least 4 members (excludes halogenated alkanes) is 1. The van der Waals surface area contributed by atoms with Gasteiger partial charge < -0.3 is 9.84 Å². The average Bonchev–Trinajstić information content (AvgIpc) is 2.35. The molecule has 0 fully saturated rings. The molecule has 4 heteroatoms. The third-order valence-corrected chi connectivity index (χ3v) is 3.18. The zero-order valence-electron chi connectivity index (χ0n) is 11.5. The van der Waals surface area contributed by atoms with Crippen LogP contribution in [-0.4, -0.2) is 23.3 Å². The quantitative estimate of drug-likeness (QED) is 0.617. The summed E-state index contributed by atoms with van der Waals surface area (Å²) in [5, 5.41) is 10.7. The molecule has 0 radical (unpaired) electrons. The topological polar surface area (TPSA) is 46.5 Å². The van der Waals surface area contributed by atoms with Crippen LogP contribution in [0.15, 0.2) is 24.3 Å². The summed E-state index contributed by atoms with van der Waals surface area (Å²) in [6, 6.07) is 7.79. The normalized spacial score (nSPS) is 13.9. The van der Waals surface area contributed by atoms with Crippen molar-refractivity contribution in [3.8, 4) is 0 Å². The molecule has 3 nitrogen and oxygen atoms in total. The number of rotatable bonds is 7. The van der Waals surface area contributed by atoms with Crippen molar-refractivity contribution < 1.29 is 14.6 Å². The molecule has 0 aromatic heterocycles. The second kappa shape index (κ2) is 7.51. The number of ether oxygens (including phenoxy) is 1. The zero-order valence-corrected chi connectivity index (χ0v) is 12.2. The molecule has 1 atom stereocenters. The van der Waals surface area contributed by atoms with Crippen LogP contribution >= 0.6 is 11.6 Å². The molecule has 19 heavy (non-hydrogen) atoms. The molecule has 1 N–H and O–H groups in total. The Morgan fingerprint density at radius 1 is 1.32 bits per heavy atom. The van der Waals surface area contributed by atoms with E-state index in [0.29, 0.717) is 6.42 Å². The van der Waals surface area contributed by atoms with Crippen LogP contribution < -0.4 is 0 Å². The average molecular weight is 285 g/mol. The smallest absolute Gasteiger partial charge is 0.302 e. The third kappa shape index (κ3) is 7.19. The van der Waals surface area contributed by atoms with E-state index in [4.69, 9.17) is 16.3 Å². The van der Waals surface area contributed by atoms with Crippen LogP contribution in [0.5, 0.6) is 0 Å². The molecular formula is C15H21ClO3. The molecule has 0 saturated carbocycles. The second-order valence-corrected chi connectivity index (χ2v) is 5.55. The van der Waals surface area contributed by atoms with Gasteiger partial charge in [-0.15, -0.1) is 0 Å². The lowest BCUT2D eigenvalue weighted by Gasteiger charge is -2.22. The number of halogens is 1. The molecule has 0 bridgehead atoms. The number of carbonyl (C=O) groups is 1. The van der Waals surface area contributed by atoms with Gasteiger partial charge in [-0.3, -0.25) is 4.79 Å². The van der Waals surface area contributed by atoms with Crippen molar-refractivity contribution in [2.24, 2.45) is 0 Å². The van der Waals surface area contributed by atoms with Crippen molar-refractivity contribution in [2.75, 3.05) is 6.61 Å². The monoisotopic (exact) mass is 284 g/mol. The first kappa shape index (κ1) is 16.0. The number of carbonyl (C=O) groups excluding carboxylic acids is 1. The lowest BCUT2D eigenvalue weighted by molar-refractivity contribution is -0.148. The maximum atomic E-state index is 10.7. The van der Waals surface area contributed by atoms with Gasteiger partial charge in [0.2, 0.25) is 0 Å². The zero-order chi connectivity index (χ0) is 14.3. The third-order valence-electron chi connectivity index (χ3n) is 2.93. The minimum atomic E-state index is -0.939. The van der Waals surface area contributed by atoms with Crippen molar-refractivity contribution in [3.05, 3.63) is 34.9 Å². The lowest BCUT2D eigenvalue weighted by atomic mass is 9.98. The largest absolute Gasteiger partial charge is 0.463 e. The Morgan fingerprint density at radius 3 is 2.53 bits per heavy atom. The summed E-state index contributed by atoms with van der Waals surface area (Å²) >= 11 is 5.82. The van der Waals surface area contributed by atoms with Crippen LogP contribution in [0.3, 0.4) is 0 Å². The van der Waals surface area contributed by atoms with Gasteiger partial charge in [-0.25, -0.2) is 0 Å². The summed E-state index contributed by atoms with van der Waals surface area (Å²) in [6.07, 6.45) is 3.45. The number of esters is 1. The summed E-state index contributed by atoms with van der Waals surface area (Å²) < 4.78 is 4.83. The molecule has 0 spiro atoms. The SMILES string of the molecule is CC(=O)OCC(C)(O)CCCCc1ccc(Cl)cc1. The van der Waals surface area contributed by atoms with Crippen molar-refractivity contribution in [1.82, 2.24) is 0 Å². The molecule has 0 aliphatic rings. The standard InChI is InChI=1S/C15H21ClO3/c1-12(17)19-11-15(2,18)10-4-3-5-13-6-8-14(16)9-7-13/h6-9,18H,3-5,10-11H2,1-2H3. The number of aryl methyl sites for hydroxylation is 1. The predicted octanol–water partition coefficient (Wildman–Crippen LogP) is 3.37. The predicted molar refractivity (Wildman–Crippen MR) is 76.3 cm³/mol. The van der Waals surface area contributed by atoms with Crippen LogP contribution in [0.4, 0.5) is 0 Å². The first-order valence-electron chi connectivity index (χ1n) is 6.49. The van der Waals surface area contributed by atoms with Crippen molar-refractivity contribution in [1.29, 1.82) is 0 Å². The minimum absolute atomic E-state index is 0.0588. The van der Waals surface area contributed by atoms with E-state index in [9.17, 15) is 9.90 Å². The van der Waals surface area contributed by atoms with Gasteiger partial charge in [-0.1, -0.05) is 30.2 Å². The first-order valence-corrected chi connectivity index (χ1v) is 6.87. The maximum absolute atomic E-state index is 10.7. The molecule has 106 valence electrons. The lowest BCUT2D eigenvalue weighted by Crippen LogP contribution is -2.31. The van der Waals surface area contributed by atoms with Crippen LogP contribution in [0, 0.1) is 0 Å². The Hall–Kier alpha value is -1.06. The van der Waals surface area contributed by atoms with Crippen LogP contribution in [-0.2, 0) is 16.0 Å². The van der Waals surface area contributed by atoms with Crippen molar-refractivity contribution in [2.45, 2.75) is 45.1 Å². The highest BCUT2D eigenvalue weighted by molar-refractivity contribution is 6.30. The van der Waals surface area contributed by atoms with E-state index in [0.717, 1.165) is 24.3 Å². The second-order valence-electron chi connectivity index (χ2n) is 5.11. The van der Waals surface area contributed by atoms with Gasteiger partial charge in [-0.2, -0.15) is 0 Å². The van der Waals surface area contributed by atoms with Crippen molar-refractivity contribution >= 4 is 17.6 Å². The Morgan fingerprint density at radius 2 is 1.95 bits per heavy atom. The van der Waals surface area contributed by atoms with Gasteiger partial charge in [0, 0.05) is 11.9 Å². The highest BCUT2D eigenvalue weighted by Crippen LogP contribution is 2.17. The number of aliphatic hydroxyl groups is 1. The van der Waals surface area contributed by atoms with Gasteiger partial charge in [-0.05, 0) is 43.9 Å². The Balaban J connectivity index is 2.22. The highest BCUT2D eigenvalue weighted by Gasteiger charge is 2.21. The van der Waals surface area contributed by atoms with Crippen LogP contribution in [0.1, 0.15) is 38.7 Å². The summed E-state index contributed by atoms with van der Waals surface area (Å²) in [4.78, 5) is 10.7. The molecule has 1 unspecified atom stereocenters. The van der Waals surface area contributed by atoms with Gasteiger partial charge in [0.05, 0.1) is 5.60 Å². The van der Waals surface area contributed by atoms with E-state index >= 15 is 0 Å². The molecule has 0 saturated heterocycles. The molecule has 1 rings (SSSR count). The van der Waals surface area contributed by atoms with E-state index in [-0.39, 0.29) is 12.6 Å². The Bertz CT molecular complexity index is 398. The van der Waals surface area contributed by atoms with Crippen molar-refractivity contribution in [3.63, 3.8) is 0 Å². The minimum Gasteiger partial charge on any atom is -0.463 e. The Labute approximate surface area is 119 Å². The molecule has 1 aromatic rings. The fraction of sp³-hybridized carbons (Fsp3) is 0.533. The fourth-order valence-corrected chi connectivity index (χ4v) is 1.94. The number of hydrogen-bond acceptors (Lipinski definition) is 3. The molecule has 0 amide bonds. The molecule has 1 aromatic carbocycles. The molecule has 0 aliphatic carbocycles. The number of benzene rings is 1. The summed E-state index contributed by atoms with van der Waals surface area (Å²) in [5.41, 5.74) is 0.301. The fourth-order valence-electron chi connectivity index (χ4n) is 1.82. The molecule has 0 heterocycles. The molecular weight excluding hydrogens is 264 g/mol. The Kier molecular flexibility index (Phi) is 6.32. The maximum Gasteiger partial charge on any atom is 0.302 e. The van der Waals surface area contributed by atoms with E-state index < -0.39 is 5.60 Å². The van der Waals surface area contributed by atoms with Gasteiger partial charge in [0.15, 0.2) is 0 Å². The highest BCUT2D eigenvalue weighted by atomic mass is 35.5. The van der Waals surface area contributed by atoms with Gasteiger partial charge in [0.1, 0.15) is 6.61 Å². The van der Waals surface area contributed by atoms with E-state index in [1.54, 1.807) is 6.92 Å². The summed E-state index contributed by atoms with van der Waals surface area (Å²) in [6.45, 7) is 3.10. The first-order chi connectivity index (χ1) is 8.89.